The molecule has 0 radical (unpaired) electrons. The predicted molar refractivity (Wildman–Crippen MR) is 61.9 cm³/mol. The Morgan fingerprint density at radius 3 is 2.00 bits per heavy atom. The van der Waals surface area contributed by atoms with Crippen molar-refractivity contribution in [2.75, 3.05) is 5.75 Å². The number of primary amides is 1. The van der Waals surface area contributed by atoms with Crippen molar-refractivity contribution in [3.05, 3.63) is 28.8 Å². The van der Waals surface area contributed by atoms with Crippen LogP contribution in [0.3, 0.4) is 0 Å². The fourth-order valence-corrected chi connectivity index (χ4v) is 3.53. The van der Waals surface area contributed by atoms with Gasteiger partial charge in [0.2, 0.25) is 5.91 Å². The smallest absolute Gasteiger partial charge is 0.233 e. The number of benzene rings is 1. The zero-order chi connectivity index (χ0) is 12.5. The van der Waals surface area contributed by atoms with Crippen LogP contribution in [0.5, 0.6) is 0 Å². The van der Waals surface area contributed by atoms with Gasteiger partial charge in [-0.2, -0.15) is 0 Å². The van der Waals surface area contributed by atoms with Gasteiger partial charge in [-0.1, -0.05) is 17.7 Å². The summed E-state index contributed by atoms with van der Waals surface area (Å²) in [7, 11) is -3.61. The highest BCUT2D eigenvalue weighted by molar-refractivity contribution is 7.92. The summed E-state index contributed by atoms with van der Waals surface area (Å²) in [5.41, 5.74) is 7.22. The van der Waals surface area contributed by atoms with Crippen LogP contribution < -0.4 is 5.73 Å². The Morgan fingerprint density at radius 2 is 1.62 bits per heavy atom. The average molecular weight is 241 g/mol. The van der Waals surface area contributed by atoms with Crippen molar-refractivity contribution in [1.82, 2.24) is 0 Å². The van der Waals surface area contributed by atoms with Gasteiger partial charge in [0.1, 0.15) is 5.75 Å². The predicted octanol–water partition coefficient (Wildman–Crippen LogP) is 0.871. The molecule has 0 heterocycles. The summed E-state index contributed by atoms with van der Waals surface area (Å²) in [4.78, 5) is 10.9. The van der Waals surface area contributed by atoms with Crippen molar-refractivity contribution in [1.29, 1.82) is 0 Å². The number of sulfone groups is 1. The van der Waals surface area contributed by atoms with Crippen LogP contribution in [0.4, 0.5) is 0 Å². The molecule has 16 heavy (non-hydrogen) atoms. The standard InChI is InChI=1S/C11H15NO3S/c1-7-4-8(2)11(9(3)5-7)16(14,15)6-10(12)13/h4-5H,6H2,1-3H3,(H2,12,13). The second-order valence-electron chi connectivity index (χ2n) is 3.95. The maximum Gasteiger partial charge on any atom is 0.233 e. The Hall–Kier alpha value is -1.36. The molecular formula is C11H15NO3S. The first-order chi connectivity index (χ1) is 7.24. The number of amides is 1. The first-order valence-electron chi connectivity index (χ1n) is 4.83. The molecule has 0 atom stereocenters. The Balaban J connectivity index is 3.39. The van der Waals surface area contributed by atoms with E-state index in [1.807, 2.05) is 6.92 Å². The molecule has 0 saturated carbocycles. The first kappa shape index (κ1) is 12.7. The van der Waals surface area contributed by atoms with Gasteiger partial charge >= 0.3 is 0 Å². The highest BCUT2D eigenvalue weighted by Gasteiger charge is 2.22. The maximum atomic E-state index is 11.9. The van der Waals surface area contributed by atoms with Crippen molar-refractivity contribution in [2.24, 2.45) is 5.73 Å². The SMILES string of the molecule is Cc1cc(C)c(S(=O)(=O)CC(N)=O)c(C)c1. The lowest BCUT2D eigenvalue weighted by Crippen LogP contribution is -2.24. The topological polar surface area (TPSA) is 77.2 Å². The molecule has 2 N–H and O–H groups in total. The molecule has 0 aromatic heterocycles. The summed E-state index contributed by atoms with van der Waals surface area (Å²) in [5.74, 6) is -1.48. The van der Waals surface area contributed by atoms with E-state index in [0.717, 1.165) is 5.56 Å². The summed E-state index contributed by atoms with van der Waals surface area (Å²) in [5, 5.41) is 0. The van der Waals surface area contributed by atoms with Gasteiger partial charge in [0.15, 0.2) is 9.84 Å². The quantitative estimate of drug-likeness (QED) is 0.853. The molecule has 5 heteroatoms. The minimum atomic E-state index is -3.61. The molecule has 1 aromatic carbocycles. The molecule has 0 spiro atoms. The molecule has 0 aliphatic heterocycles. The second-order valence-corrected chi connectivity index (χ2v) is 5.88. The number of rotatable bonds is 3. The van der Waals surface area contributed by atoms with E-state index in [2.05, 4.69) is 0 Å². The molecule has 0 bridgehead atoms. The van der Waals surface area contributed by atoms with Gasteiger partial charge in [-0.05, 0) is 31.9 Å². The van der Waals surface area contributed by atoms with E-state index < -0.39 is 21.5 Å². The van der Waals surface area contributed by atoms with Crippen LogP contribution in [0.15, 0.2) is 17.0 Å². The summed E-state index contributed by atoms with van der Waals surface area (Å²) in [6, 6.07) is 3.56. The van der Waals surface area contributed by atoms with Crippen molar-refractivity contribution in [3.8, 4) is 0 Å². The van der Waals surface area contributed by atoms with E-state index in [9.17, 15) is 13.2 Å². The van der Waals surface area contributed by atoms with Crippen LogP contribution in [0.25, 0.3) is 0 Å². The molecule has 1 aromatic rings. The molecular weight excluding hydrogens is 226 g/mol. The number of carbonyl (C=O) groups excluding carboxylic acids is 1. The van der Waals surface area contributed by atoms with E-state index >= 15 is 0 Å². The second kappa shape index (κ2) is 4.25. The zero-order valence-corrected chi connectivity index (χ0v) is 10.4. The number of carbonyl (C=O) groups is 1. The fraction of sp³-hybridized carbons (Fsp3) is 0.364. The van der Waals surface area contributed by atoms with Crippen LogP contribution >= 0.6 is 0 Å². The first-order valence-corrected chi connectivity index (χ1v) is 6.48. The lowest BCUT2D eigenvalue weighted by atomic mass is 10.1. The lowest BCUT2D eigenvalue weighted by Gasteiger charge is -2.10. The van der Waals surface area contributed by atoms with E-state index in [4.69, 9.17) is 5.73 Å². The van der Waals surface area contributed by atoms with E-state index in [1.54, 1.807) is 26.0 Å². The van der Waals surface area contributed by atoms with Crippen molar-refractivity contribution >= 4 is 15.7 Å². The van der Waals surface area contributed by atoms with Gasteiger partial charge < -0.3 is 5.73 Å². The lowest BCUT2D eigenvalue weighted by molar-refractivity contribution is -0.115. The van der Waals surface area contributed by atoms with Crippen LogP contribution in [-0.2, 0) is 14.6 Å². The number of hydrogen-bond acceptors (Lipinski definition) is 3. The summed E-state index contributed by atoms with van der Waals surface area (Å²) < 4.78 is 23.8. The molecule has 88 valence electrons. The van der Waals surface area contributed by atoms with Crippen molar-refractivity contribution < 1.29 is 13.2 Å². The van der Waals surface area contributed by atoms with Gasteiger partial charge in [-0.3, -0.25) is 4.79 Å². The third kappa shape index (κ3) is 2.61. The van der Waals surface area contributed by atoms with Crippen molar-refractivity contribution in [2.45, 2.75) is 25.7 Å². The Bertz CT molecular complexity index is 509. The van der Waals surface area contributed by atoms with Crippen molar-refractivity contribution in [3.63, 3.8) is 0 Å². The summed E-state index contributed by atoms with van der Waals surface area (Å²) >= 11 is 0. The van der Waals surface area contributed by atoms with E-state index in [1.165, 1.54) is 0 Å². The number of nitrogens with two attached hydrogens (primary N) is 1. The highest BCUT2D eigenvalue weighted by atomic mass is 32.2. The summed E-state index contributed by atoms with van der Waals surface area (Å²) in [6.45, 7) is 5.33. The monoisotopic (exact) mass is 241 g/mol. The highest BCUT2D eigenvalue weighted by Crippen LogP contribution is 2.22. The molecule has 1 rings (SSSR count). The molecule has 0 unspecified atom stereocenters. The summed E-state index contributed by atoms with van der Waals surface area (Å²) in [6.07, 6.45) is 0. The van der Waals surface area contributed by atoms with Gasteiger partial charge in [-0.25, -0.2) is 8.42 Å². The maximum absolute atomic E-state index is 11.9. The minimum absolute atomic E-state index is 0.219. The van der Waals surface area contributed by atoms with Gasteiger partial charge in [0.05, 0.1) is 4.90 Å². The molecule has 0 aliphatic rings. The van der Waals surface area contributed by atoms with Gasteiger partial charge in [0.25, 0.3) is 0 Å². The van der Waals surface area contributed by atoms with E-state index in [0.29, 0.717) is 11.1 Å². The Labute approximate surface area is 95.4 Å². The Morgan fingerprint density at radius 1 is 1.19 bits per heavy atom. The molecule has 0 saturated heterocycles. The molecule has 0 aliphatic carbocycles. The molecule has 1 amide bonds. The minimum Gasteiger partial charge on any atom is -0.369 e. The molecule has 4 nitrogen and oxygen atoms in total. The van der Waals surface area contributed by atoms with Gasteiger partial charge in [-0.15, -0.1) is 0 Å². The van der Waals surface area contributed by atoms with Crippen LogP contribution in [-0.4, -0.2) is 20.1 Å². The molecule has 0 fully saturated rings. The van der Waals surface area contributed by atoms with E-state index in [-0.39, 0.29) is 4.90 Å². The van der Waals surface area contributed by atoms with Crippen LogP contribution in [0.1, 0.15) is 16.7 Å². The normalized spacial score (nSPS) is 11.4. The third-order valence-electron chi connectivity index (χ3n) is 2.25. The van der Waals surface area contributed by atoms with Gasteiger partial charge in [0, 0.05) is 0 Å². The number of hydrogen-bond donors (Lipinski definition) is 1. The zero-order valence-electron chi connectivity index (χ0n) is 9.57. The van der Waals surface area contributed by atoms with Crippen LogP contribution in [0, 0.1) is 20.8 Å². The average Bonchev–Trinajstić information content (AvgIpc) is 1.96. The fourth-order valence-electron chi connectivity index (χ4n) is 1.92. The largest absolute Gasteiger partial charge is 0.369 e. The number of aryl methyl sites for hydroxylation is 3. The Kier molecular flexibility index (Phi) is 3.38. The third-order valence-corrected chi connectivity index (χ3v) is 4.18. The van der Waals surface area contributed by atoms with Crippen LogP contribution in [0.2, 0.25) is 0 Å².